The van der Waals surface area contributed by atoms with E-state index in [-0.39, 0.29) is 17.6 Å². The quantitative estimate of drug-likeness (QED) is 0.274. The molecule has 0 spiro atoms. The summed E-state index contributed by atoms with van der Waals surface area (Å²) in [4.78, 5) is 19.5. The van der Waals surface area contributed by atoms with Gasteiger partial charge in [-0.25, -0.2) is 9.37 Å². The smallest absolute Gasteiger partial charge is 0.227 e. The minimum absolute atomic E-state index is 0.0496. The molecule has 33 heavy (non-hydrogen) atoms. The molecule has 176 valence electrons. The Labute approximate surface area is 196 Å². The number of imidazole rings is 1. The molecule has 1 unspecified atom stereocenters. The normalized spacial score (nSPS) is 16.2. The third-order valence-electron chi connectivity index (χ3n) is 6.80. The minimum Gasteiger partial charge on any atom is -0.328 e. The first-order chi connectivity index (χ1) is 16.2. The monoisotopic (exact) mass is 449 g/mol. The van der Waals surface area contributed by atoms with Crippen LogP contribution >= 0.6 is 0 Å². The Morgan fingerprint density at radius 2 is 1.58 bits per heavy atom. The number of carbonyl (C=O) groups is 1. The van der Waals surface area contributed by atoms with Crippen LogP contribution in [0.4, 0.5) is 10.1 Å². The SMILES string of the molecule is CCCCCCCCCCCn1c(C2CC(=O)N(c3ccc(F)cc3)C2)nc2ccccc21. The van der Waals surface area contributed by atoms with Crippen LogP contribution in [0.25, 0.3) is 11.0 Å². The van der Waals surface area contributed by atoms with Crippen LogP contribution in [0.2, 0.25) is 0 Å². The van der Waals surface area contributed by atoms with Gasteiger partial charge in [-0.15, -0.1) is 0 Å². The molecule has 0 N–H and O–H groups in total. The number of benzene rings is 2. The van der Waals surface area contributed by atoms with Crippen molar-refractivity contribution in [1.29, 1.82) is 0 Å². The molecule has 4 rings (SSSR count). The number of para-hydroxylation sites is 2. The van der Waals surface area contributed by atoms with E-state index in [1.54, 1.807) is 17.0 Å². The molecule has 0 radical (unpaired) electrons. The van der Waals surface area contributed by atoms with Gasteiger partial charge in [0, 0.05) is 31.1 Å². The standard InChI is InChI=1S/C28H36FN3O/c1-2-3-4-5-6-7-8-9-12-19-31-26-14-11-10-13-25(26)30-28(31)22-20-27(33)32(21-22)24-17-15-23(29)16-18-24/h10-11,13-18,22H,2-9,12,19-21H2,1H3. The number of halogens is 1. The number of nitrogens with zero attached hydrogens (tertiary/aromatic N) is 3. The van der Waals surface area contributed by atoms with Crippen LogP contribution in [0.1, 0.15) is 82.9 Å². The molecule has 1 amide bonds. The van der Waals surface area contributed by atoms with Gasteiger partial charge in [0.1, 0.15) is 11.6 Å². The summed E-state index contributed by atoms with van der Waals surface area (Å²) in [5, 5.41) is 0. The summed E-state index contributed by atoms with van der Waals surface area (Å²) in [5.41, 5.74) is 2.90. The maximum atomic E-state index is 13.3. The number of aryl methyl sites for hydroxylation is 1. The molecule has 3 aromatic rings. The first kappa shape index (κ1) is 23.5. The third kappa shape index (κ3) is 5.82. The van der Waals surface area contributed by atoms with Crippen molar-refractivity contribution in [3.63, 3.8) is 0 Å². The Balaban J connectivity index is 1.40. The van der Waals surface area contributed by atoms with Crippen molar-refractivity contribution in [2.24, 2.45) is 0 Å². The van der Waals surface area contributed by atoms with E-state index in [4.69, 9.17) is 4.98 Å². The second-order valence-electron chi connectivity index (χ2n) is 9.32. The van der Waals surface area contributed by atoms with Gasteiger partial charge in [-0.2, -0.15) is 0 Å². The van der Waals surface area contributed by atoms with E-state index in [0.717, 1.165) is 35.5 Å². The van der Waals surface area contributed by atoms with Crippen molar-refractivity contribution in [3.8, 4) is 0 Å². The first-order valence-corrected chi connectivity index (χ1v) is 12.7. The molecular formula is C28H36FN3O. The number of hydrogen-bond acceptors (Lipinski definition) is 2. The van der Waals surface area contributed by atoms with Crippen LogP contribution in [0, 0.1) is 5.82 Å². The van der Waals surface area contributed by atoms with Crippen molar-refractivity contribution in [2.75, 3.05) is 11.4 Å². The van der Waals surface area contributed by atoms with E-state index in [0.29, 0.717) is 13.0 Å². The van der Waals surface area contributed by atoms with Crippen LogP contribution in [0.5, 0.6) is 0 Å². The van der Waals surface area contributed by atoms with E-state index in [1.165, 1.54) is 63.5 Å². The second kappa shape index (κ2) is 11.4. The van der Waals surface area contributed by atoms with E-state index >= 15 is 0 Å². The molecule has 1 fully saturated rings. The summed E-state index contributed by atoms with van der Waals surface area (Å²) in [6.07, 6.45) is 12.2. The highest BCUT2D eigenvalue weighted by Gasteiger charge is 2.34. The molecular weight excluding hydrogens is 413 g/mol. The van der Waals surface area contributed by atoms with Gasteiger partial charge in [-0.05, 0) is 42.8 Å². The Hall–Kier alpha value is -2.69. The average Bonchev–Trinajstić information content (AvgIpc) is 3.39. The first-order valence-electron chi connectivity index (χ1n) is 12.7. The predicted molar refractivity (Wildman–Crippen MR) is 133 cm³/mol. The number of hydrogen-bond donors (Lipinski definition) is 0. The molecule has 1 atom stereocenters. The van der Waals surface area contributed by atoms with Crippen molar-refractivity contribution in [1.82, 2.24) is 9.55 Å². The van der Waals surface area contributed by atoms with Crippen LogP contribution in [-0.4, -0.2) is 22.0 Å². The molecule has 0 bridgehead atoms. The minimum atomic E-state index is -0.287. The predicted octanol–water partition coefficient (Wildman–Crippen LogP) is 7.23. The maximum Gasteiger partial charge on any atom is 0.227 e. The lowest BCUT2D eigenvalue weighted by atomic mass is 10.1. The van der Waals surface area contributed by atoms with E-state index in [9.17, 15) is 9.18 Å². The van der Waals surface area contributed by atoms with Gasteiger partial charge in [0.05, 0.1) is 11.0 Å². The summed E-state index contributed by atoms with van der Waals surface area (Å²) < 4.78 is 15.7. The zero-order valence-electron chi connectivity index (χ0n) is 19.8. The van der Waals surface area contributed by atoms with Gasteiger partial charge >= 0.3 is 0 Å². The zero-order valence-corrected chi connectivity index (χ0v) is 19.8. The highest BCUT2D eigenvalue weighted by atomic mass is 19.1. The Kier molecular flexibility index (Phi) is 8.14. The summed E-state index contributed by atoms with van der Waals surface area (Å²) in [6, 6.07) is 14.5. The summed E-state index contributed by atoms with van der Waals surface area (Å²) in [5.74, 6) is 0.847. The molecule has 1 saturated heterocycles. The second-order valence-corrected chi connectivity index (χ2v) is 9.32. The summed E-state index contributed by atoms with van der Waals surface area (Å²) >= 11 is 0. The number of amides is 1. The highest BCUT2D eigenvalue weighted by molar-refractivity contribution is 5.96. The van der Waals surface area contributed by atoms with Crippen molar-refractivity contribution in [2.45, 2.75) is 83.6 Å². The fourth-order valence-electron chi connectivity index (χ4n) is 4.97. The number of rotatable bonds is 12. The molecule has 5 heteroatoms. The lowest BCUT2D eigenvalue weighted by Gasteiger charge is -2.17. The van der Waals surface area contributed by atoms with Crippen molar-refractivity contribution < 1.29 is 9.18 Å². The van der Waals surface area contributed by atoms with Crippen molar-refractivity contribution in [3.05, 3.63) is 60.2 Å². The molecule has 4 nitrogen and oxygen atoms in total. The van der Waals surface area contributed by atoms with Crippen LogP contribution in [0.15, 0.2) is 48.5 Å². The van der Waals surface area contributed by atoms with E-state index < -0.39 is 0 Å². The zero-order chi connectivity index (χ0) is 23.0. The average molecular weight is 450 g/mol. The molecule has 1 aliphatic rings. The molecule has 1 aliphatic heterocycles. The lowest BCUT2D eigenvalue weighted by Crippen LogP contribution is -2.24. The molecule has 2 aromatic carbocycles. The van der Waals surface area contributed by atoms with Crippen LogP contribution in [-0.2, 0) is 11.3 Å². The van der Waals surface area contributed by atoms with Gasteiger partial charge < -0.3 is 9.47 Å². The molecule has 2 heterocycles. The lowest BCUT2D eigenvalue weighted by molar-refractivity contribution is -0.117. The maximum absolute atomic E-state index is 13.3. The number of carbonyl (C=O) groups excluding carboxylic acids is 1. The largest absolute Gasteiger partial charge is 0.328 e. The number of aromatic nitrogens is 2. The summed E-state index contributed by atoms with van der Waals surface area (Å²) in [6.45, 7) is 3.79. The van der Waals surface area contributed by atoms with Gasteiger partial charge in [-0.3, -0.25) is 4.79 Å². The Morgan fingerprint density at radius 3 is 2.30 bits per heavy atom. The van der Waals surface area contributed by atoms with Gasteiger partial charge in [0.15, 0.2) is 0 Å². The number of unbranched alkanes of at least 4 members (excludes halogenated alkanes) is 8. The van der Waals surface area contributed by atoms with E-state index in [1.807, 2.05) is 6.07 Å². The summed E-state index contributed by atoms with van der Waals surface area (Å²) in [7, 11) is 0. The van der Waals surface area contributed by atoms with Crippen LogP contribution in [0.3, 0.4) is 0 Å². The number of anilines is 1. The molecule has 0 saturated carbocycles. The fourth-order valence-corrected chi connectivity index (χ4v) is 4.97. The van der Waals surface area contributed by atoms with Gasteiger partial charge in [0.2, 0.25) is 5.91 Å². The van der Waals surface area contributed by atoms with Crippen LogP contribution < -0.4 is 4.90 Å². The van der Waals surface area contributed by atoms with Gasteiger partial charge in [0.25, 0.3) is 0 Å². The molecule has 0 aliphatic carbocycles. The molecule has 1 aromatic heterocycles. The van der Waals surface area contributed by atoms with Gasteiger partial charge in [-0.1, -0.05) is 70.4 Å². The highest BCUT2D eigenvalue weighted by Crippen LogP contribution is 2.33. The topological polar surface area (TPSA) is 38.1 Å². The Bertz CT molecular complexity index is 1040. The van der Waals surface area contributed by atoms with Crippen molar-refractivity contribution >= 4 is 22.6 Å². The fraction of sp³-hybridized carbons (Fsp3) is 0.500. The van der Waals surface area contributed by atoms with E-state index in [2.05, 4.69) is 29.7 Å². The number of fused-ring (bicyclic) bond motifs is 1. The third-order valence-corrected chi connectivity index (χ3v) is 6.80. The Morgan fingerprint density at radius 1 is 0.909 bits per heavy atom.